The van der Waals surface area contributed by atoms with Crippen LogP contribution in [0.3, 0.4) is 0 Å². The van der Waals surface area contributed by atoms with Crippen LogP contribution in [0.5, 0.6) is 0 Å². The zero-order chi connectivity index (χ0) is 17.6. The van der Waals surface area contributed by atoms with Crippen LogP contribution < -0.4 is 4.72 Å². The number of aromatic nitrogens is 3. The molecule has 0 aliphatic rings. The van der Waals surface area contributed by atoms with Gasteiger partial charge in [0.25, 0.3) is 0 Å². The quantitative estimate of drug-likeness (QED) is 0.480. The summed E-state index contributed by atoms with van der Waals surface area (Å²) in [5.74, 6) is 0. The fourth-order valence-electron chi connectivity index (χ4n) is 2.78. The average molecular weight is 358 g/mol. The van der Waals surface area contributed by atoms with E-state index < -0.39 is 0 Å². The van der Waals surface area contributed by atoms with Gasteiger partial charge in [0, 0.05) is 35.0 Å². The van der Waals surface area contributed by atoms with E-state index in [0.717, 1.165) is 28.9 Å². The topological polar surface area (TPSA) is 53.6 Å². The molecule has 2 aromatic heterocycles. The fraction of sp³-hybridized carbons (Fsp3) is 0.0476. The Balaban J connectivity index is 1.51. The van der Waals surface area contributed by atoms with Gasteiger partial charge in [-0.25, -0.2) is 0 Å². The van der Waals surface area contributed by atoms with Gasteiger partial charge in [-0.05, 0) is 53.4 Å². The molecule has 128 valence electrons. The molecule has 4 rings (SSSR count). The summed E-state index contributed by atoms with van der Waals surface area (Å²) in [6, 6.07) is 22.8. The van der Waals surface area contributed by atoms with Crippen LogP contribution in [0.1, 0.15) is 5.56 Å². The zero-order valence-electron chi connectivity index (χ0n) is 14.1. The molecule has 0 fully saturated rings. The van der Waals surface area contributed by atoms with Crippen LogP contribution in [0.4, 0.5) is 0 Å². The number of hydrogen-bond acceptors (Lipinski definition) is 4. The highest BCUT2D eigenvalue weighted by molar-refractivity contribution is 7.97. The zero-order valence-corrected chi connectivity index (χ0v) is 14.9. The van der Waals surface area contributed by atoms with Crippen LogP contribution in [0, 0.1) is 0 Å². The SMILES string of the molecule is c1ccc(SNCc2cccc(-c3[nH]ncc3-c3ccncc3)c2)cc1. The monoisotopic (exact) mass is 358 g/mol. The normalized spacial score (nSPS) is 10.8. The number of hydrogen-bond donors (Lipinski definition) is 2. The second-order valence-corrected chi connectivity index (χ2v) is 6.80. The van der Waals surface area contributed by atoms with Gasteiger partial charge in [-0.15, -0.1) is 0 Å². The Hall–Kier alpha value is -2.89. The maximum absolute atomic E-state index is 4.24. The largest absolute Gasteiger partial charge is 0.277 e. The predicted octanol–water partition coefficient (Wildman–Crippen LogP) is 4.94. The van der Waals surface area contributed by atoms with Crippen molar-refractivity contribution in [2.75, 3.05) is 0 Å². The van der Waals surface area contributed by atoms with Gasteiger partial charge in [0.05, 0.1) is 11.9 Å². The molecule has 4 nitrogen and oxygen atoms in total. The molecule has 0 saturated carbocycles. The maximum Gasteiger partial charge on any atom is 0.0728 e. The molecule has 26 heavy (non-hydrogen) atoms. The van der Waals surface area contributed by atoms with Crippen molar-refractivity contribution in [3.05, 3.63) is 90.9 Å². The van der Waals surface area contributed by atoms with E-state index in [4.69, 9.17) is 0 Å². The molecule has 5 heteroatoms. The number of nitrogens with one attached hydrogen (secondary N) is 2. The molecule has 0 saturated heterocycles. The number of aromatic amines is 1. The van der Waals surface area contributed by atoms with Crippen molar-refractivity contribution in [2.24, 2.45) is 0 Å². The molecular weight excluding hydrogens is 340 g/mol. The Labute approximate surface area is 156 Å². The first-order chi connectivity index (χ1) is 12.9. The Morgan fingerprint density at radius 3 is 2.58 bits per heavy atom. The lowest BCUT2D eigenvalue weighted by molar-refractivity contribution is 0.975. The standard InChI is InChI=1S/C21H18N4S/c1-2-7-19(8-3-1)26-24-14-16-5-4-6-18(13-16)21-20(15-23-25-21)17-9-11-22-12-10-17/h1-13,15,24H,14H2,(H,23,25). The number of H-pyrrole nitrogens is 1. The first-order valence-corrected chi connectivity index (χ1v) is 9.19. The van der Waals surface area contributed by atoms with Crippen LogP contribution >= 0.6 is 11.9 Å². The van der Waals surface area contributed by atoms with E-state index in [1.54, 1.807) is 24.3 Å². The van der Waals surface area contributed by atoms with Crippen molar-refractivity contribution in [1.82, 2.24) is 19.9 Å². The number of benzene rings is 2. The van der Waals surface area contributed by atoms with Crippen LogP contribution in [0.2, 0.25) is 0 Å². The van der Waals surface area contributed by atoms with Gasteiger partial charge in [0.2, 0.25) is 0 Å². The van der Waals surface area contributed by atoms with Crippen molar-refractivity contribution in [3.63, 3.8) is 0 Å². The molecule has 0 atom stereocenters. The highest BCUT2D eigenvalue weighted by Gasteiger charge is 2.10. The molecular formula is C21H18N4S. The minimum Gasteiger partial charge on any atom is -0.277 e. The Morgan fingerprint density at radius 2 is 1.73 bits per heavy atom. The van der Waals surface area contributed by atoms with Crippen molar-refractivity contribution in [1.29, 1.82) is 0 Å². The lowest BCUT2D eigenvalue weighted by Crippen LogP contribution is -2.02. The van der Waals surface area contributed by atoms with Gasteiger partial charge in [-0.1, -0.05) is 36.4 Å². The minimum atomic E-state index is 0.784. The third-order valence-corrected chi connectivity index (χ3v) is 4.85. The third kappa shape index (κ3) is 3.85. The van der Waals surface area contributed by atoms with Gasteiger partial charge < -0.3 is 0 Å². The molecule has 0 aliphatic heterocycles. The third-order valence-electron chi connectivity index (χ3n) is 4.06. The molecule has 2 heterocycles. The smallest absolute Gasteiger partial charge is 0.0728 e. The molecule has 0 spiro atoms. The maximum atomic E-state index is 4.24. The second kappa shape index (κ2) is 7.99. The summed E-state index contributed by atoms with van der Waals surface area (Å²) in [4.78, 5) is 5.30. The average Bonchev–Trinajstić information content (AvgIpc) is 3.20. The molecule has 2 aromatic carbocycles. The van der Waals surface area contributed by atoms with Gasteiger partial charge >= 0.3 is 0 Å². The molecule has 2 N–H and O–H groups in total. The van der Waals surface area contributed by atoms with E-state index in [9.17, 15) is 0 Å². The Morgan fingerprint density at radius 1 is 0.885 bits per heavy atom. The van der Waals surface area contributed by atoms with Crippen molar-refractivity contribution < 1.29 is 0 Å². The molecule has 0 radical (unpaired) electrons. The first kappa shape index (κ1) is 16.6. The highest BCUT2D eigenvalue weighted by atomic mass is 32.2. The summed E-state index contributed by atoms with van der Waals surface area (Å²) in [5, 5.41) is 7.37. The van der Waals surface area contributed by atoms with Crippen LogP contribution in [-0.2, 0) is 6.54 Å². The summed E-state index contributed by atoms with van der Waals surface area (Å²) < 4.78 is 3.42. The van der Waals surface area contributed by atoms with Crippen LogP contribution in [0.15, 0.2) is 90.2 Å². The lowest BCUT2D eigenvalue weighted by Gasteiger charge is -2.08. The highest BCUT2D eigenvalue weighted by Crippen LogP contribution is 2.30. The van der Waals surface area contributed by atoms with Crippen molar-refractivity contribution in [3.8, 4) is 22.4 Å². The van der Waals surface area contributed by atoms with Crippen molar-refractivity contribution in [2.45, 2.75) is 11.4 Å². The summed E-state index contributed by atoms with van der Waals surface area (Å²) in [6.45, 7) is 0.784. The second-order valence-electron chi connectivity index (χ2n) is 5.83. The molecule has 0 aliphatic carbocycles. The lowest BCUT2D eigenvalue weighted by atomic mass is 10.0. The summed E-state index contributed by atoms with van der Waals surface area (Å²) in [5.41, 5.74) is 5.55. The summed E-state index contributed by atoms with van der Waals surface area (Å²) >= 11 is 1.64. The van der Waals surface area contributed by atoms with E-state index in [2.05, 4.69) is 56.3 Å². The van der Waals surface area contributed by atoms with E-state index in [0.29, 0.717) is 0 Å². The fourth-order valence-corrected chi connectivity index (χ4v) is 3.48. The van der Waals surface area contributed by atoms with Gasteiger partial charge in [-0.2, -0.15) is 5.10 Å². The van der Waals surface area contributed by atoms with E-state index in [-0.39, 0.29) is 0 Å². The Kier molecular flexibility index (Phi) is 5.09. The summed E-state index contributed by atoms with van der Waals surface area (Å²) in [7, 11) is 0. The molecule has 0 amide bonds. The predicted molar refractivity (Wildman–Crippen MR) is 106 cm³/mol. The number of pyridine rings is 1. The Bertz CT molecular complexity index is 967. The van der Waals surface area contributed by atoms with Gasteiger partial charge in [0.15, 0.2) is 0 Å². The van der Waals surface area contributed by atoms with Gasteiger partial charge in [-0.3, -0.25) is 14.8 Å². The molecule has 0 unspecified atom stereocenters. The molecule has 4 aromatic rings. The number of nitrogens with zero attached hydrogens (tertiary/aromatic N) is 2. The van der Waals surface area contributed by atoms with Crippen LogP contribution in [0.25, 0.3) is 22.4 Å². The van der Waals surface area contributed by atoms with Crippen molar-refractivity contribution >= 4 is 11.9 Å². The van der Waals surface area contributed by atoms with Crippen LogP contribution in [-0.4, -0.2) is 15.2 Å². The molecule has 0 bridgehead atoms. The van der Waals surface area contributed by atoms with E-state index in [1.807, 2.05) is 36.5 Å². The first-order valence-electron chi connectivity index (χ1n) is 8.38. The van der Waals surface area contributed by atoms with Gasteiger partial charge in [0.1, 0.15) is 0 Å². The minimum absolute atomic E-state index is 0.784. The van der Waals surface area contributed by atoms with E-state index >= 15 is 0 Å². The summed E-state index contributed by atoms with van der Waals surface area (Å²) in [6.07, 6.45) is 5.46. The number of rotatable bonds is 6. The van der Waals surface area contributed by atoms with E-state index in [1.165, 1.54) is 10.5 Å².